The zero-order valence-corrected chi connectivity index (χ0v) is 11.5. The minimum Gasteiger partial charge on any atom is -0.497 e. The van der Waals surface area contributed by atoms with Gasteiger partial charge in [0.2, 0.25) is 0 Å². The molecule has 0 unspecified atom stereocenters. The number of H-pyrrole nitrogens is 1. The summed E-state index contributed by atoms with van der Waals surface area (Å²) in [5.41, 5.74) is 1.68. The van der Waals surface area contributed by atoms with Crippen LogP contribution in [0.25, 0.3) is 22.6 Å². The first-order valence-corrected chi connectivity index (χ1v) is 6.32. The van der Waals surface area contributed by atoms with Gasteiger partial charge < -0.3 is 9.72 Å². The van der Waals surface area contributed by atoms with Crippen LogP contribution in [0.5, 0.6) is 5.75 Å². The molecular formula is C13H9BrFN3O. The number of rotatable bonds is 2. The number of nitrogens with one attached hydrogen (secondary N) is 1. The molecule has 0 fully saturated rings. The van der Waals surface area contributed by atoms with Crippen LogP contribution in [0.4, 0.5) is 4.39 Å². The third-order valence-corrected chi connectivity index (χ3v) is 3.17. The lowest BCUT2D eigenvalue weighted by molar-refractivity contribution is 0.411. The quantitative estimate of drug-likeness (QED) is 0.785. The van der Waals surface area contributed by atoms with E-state index in [1.807, 2.05) is 6.07 Å². The molecule has 0 saturated carbocycles. The molecule has 3 rings (SSSR count). The number of hydrogen-bond acceptors (Lipinski definition) is 3. The smallest absolute Gasteiger partial charge is 0.178 e. The van der Waals surface area contributed by atoms with Crippen LogP contribution in [-0.4, -0.2) is 22.1 Å². The maximum absolute atomic E-state index is 14.0. The molecule has 1 N–H and O–H groups in total. The molecule has 0 bridgehead atoms. The molecule has 4 nitrogen and oxygen atoms in total. The Bertz CT molecular complexity index is 757. The van der Waals surface area contributed by atoms with Gasteiger partial charge in [-0.15, -0.1) is 0 Å². The summed E-state index contributed by atoms with van der Waals surface area (Å²) in [6.07, 6.45) is 1.65. The van der Waals surface area contributed by atoms with Gasteiger partial charge in [-0.25, -0.2) is 14.4 Å². The van der Waals surface area contributed by atoms with Crippen molar-refractivity contribution in [3.63, 3.8) is 0 Å². The van der Waals surface area contributed by atoms with Crippen LogP contribution in [0.3, 0.4) is 0 Å². The SMILES string of the molecule is COc1ccc(-c2nc3ncc(Br)cc3[nH]2)c(F)c1. The second-order valence-electron chi connectivity index (χ2n) is 3.96. The number of fused-ring (bicyclic) bond motifs is 1. The van der Waals surface area contributed by atoms with Crippen molar-refractivity contribution in [2.45, 2.75) is 0 Å². The molecule has 0 aliphatic rings. The fourth-order valence-electron chi connectivity index (χ4n) is 1.82. The van der Waals surface area contributed by atoms with Crippen LogP contribution in [0.15, 0.2) is 34.9 Å². The molecule has 0 aliphatic carbocycles. The van der Waals surface area contributed by atoms with Crippen LogP contribution in [-0.2, 0) is 0 Å². The Labute approximate surface area is 116 Å². The Hall–Kier alpha value is -1.95. The van der Waals surface area contributed by atoms with Crippen molar-refractivity contribution in [2.75, 3.05) is 7.11 Å². The minimum atomic E-state index is -0.391. The van der Waals surface area contributed by atoms with E-state index in [-0.39, 0.29) is 0 Å². The highest BCUT2D eigenvalue weighted by Crippen LogP contribution is 2.26. The lowest BCUT2D eigenvalue weighted by Gasteiger charge is -2.02. The lowest BCUT2D eigenvalue weighted by atomic mass is 10.2. The summed E-state index contributed by atoms with van der Waals surface area (Å²) in [5, 5.41) is 0. The van der Waals surface area contributed by atoms with E-state index in [0.717, 1.165) is 9.99 Å². The van der Waals surface area contributed by atoms with E-state index in [9.17, 15) is 4.39 Å². The number of ether oxygens (including phenoxy) is 1. The summed E-state index contributed by atoms with van der Waals surface area (Å²) >= 11 is 3.33. The van der Waals surface area contributed by atoms with E-state index < -0.39 is 5.82 Å². The summed E-state index contributed by atoms with van der Waals surface area (Å²) in [5.74, 6) is 0.524. The first kappa shape index (κ1) is 12.1. The van der Waals surface area contributed by atoms with E-state index in [4.69, 9.17) is 4.74 Å². The predicted molar refractivity (Wildman–Crippen MR) is 73.5 cm³/mol. The van der Waals surface area contributed by atoms with Gasteiger partial charge in [0.15, 0.2) is 5.65 Å². The third-order valence-electron chi connectivity index (χ3n) is 2.74. The maximum atomic E-state index is 14.0. The molecule has 19 heavy (non-hydrogen) atoms. The number of benzene rings is 1. The molecule has 2 aromatic heterocycles. The number of aromatic amines is 1. The van der Waals surface area contributed by atoms with Crippen molar-refractivity contribution < 1.29 is 9.13 Å². The van der Waals surface area contributed by atoms with Gasteiger partial charge in [-0.05, 0) is 34.1 Å². The highest BCUT2D eigenvalue weighted by atomic mass is 79.9. The number of hydrogen-bond donors (Lipinski definition) is 1. The summed E-state index contributed by atoms with van der Waals surface area (Å²) < 4.78 is 19.8. The third kappa shape index (κ3) is 2.19. The molecule has 0 amide bonds. The number of halogens is 2. The average Bonchev–Trinajstić information content (AvgIpc) is 2.81. The van der Waals surface area contributed by atoms with Crippen LogP contribution in [0, 0.1) is 5.82 Å². The van der Waals surface area contributed by atoms with Gasteiger partial charge in [0.25, 0.3) is 0 Å². The predicted octanol–water partition coefficient (Wildman–Crippen LogP) is 3.54. The van der Waals surface area contributed by atoms with Gasteiger partial charge in [-0.2, -0.15) is 0 Å². The molecule has 0 atom stereocenters. The Balaban J connectivity index is 2.13. The van der Waals surface area contributed by atoms with Gasteiger partial charge in [0.05, 0.1) is 18.2 Å². The molecule has 96 valence electrons. The summed E-state index contributed by atoms with van der Waals surface area (Å²) in [4.78, 5) is 11.5. The van der Waals surface area contributed by atoms with Gasteiger partial charge in [-0.3, -0.25) is 0 Å². The van der Waals surface area contributed by atoms with Gasteiger partial charge >= 0.3 is 0 Å². The minimum absolute atomic E-state index is 0.384. The largest absolute Gasteiger partial charge is 0.497 e. The maximum Gasteiger partial charge on any atom is 0.178 e. The van der Waals surface area contributed by atoms with E-state index >= 15 is 0 Å². The number of pyridine rings is 1. The first-order valence-electron chi connectivity index (χ1n) is 5.52. The standard InChI is InChI=1S/C13H9BrFN3O/c1-19-8-2-3-9(10(15)5-8)12-17-11-4-7(14)6-16-13(11)18-12/h2-6H,1H3,(H,16,17,18). The van der Waals surface area contributed by atoms with E-state index in [1.165, 1.54) is 13.2 Å². The lowest BCUT2D eigenvalue weighted by Crippen LogP contribution is -1.89. The van der Waals surface area contributed by atoms with E-state index in [0.29, 0.717) is 22.8 Å². The van der Waals surface area contributed by atoms with Crippen LogP contribution in [0.2, 0.25) is 0 Å². The molecule has 0 spiro atoms. The van der Waals surface area contributed by atoms with Gasteiger partial charge in [-0.1, -0.05) is 0 Å². The number of imidazole rings is 1. The fraction of sp³-hybridized carbons (Fsp3) is 0.0769. The van der Waals surface area contributed by atoms with Gasteiger partial charge in [0, 0.05) is 16.7 Å². The summed E-state index contributed by atoms with van der Waals surface area (Å²) in [6.45, 7) is 0. The molecule has 3 aromatic rings. The van der Waals surface area contributed by atoms with Crippen LogP contribution >= 0.6 is 15.9 Å². The van der Waals surface area contributed by atoms with E-state index in [1.54, 1.807) is 18.3 Å². The summed E-state index contributed by atoms with van der Waals surface area (Å²) in [6, 6.07) is 6.49. The topological polar surface area (TPSA) is 50.8 Å². The molecule has 0 radical (unpaired) electrons. The Morgan fingerprint density at radius 1 is 1.32 bits per heavy atom. The Morgan fingerprint density at radius 2 is 2.16 bits per heavy atom. The molecule has 2 heterocycles. The summed E-state index contributed by atoms with van der Waals surface area (Å²) in [7, 11) is 1.50. The number of nitrogens with zero attached hydrogens (tertiary/aromatic N) is 2. The van der Waals surface area contributed by atoms with Crippen molar-refractivity contribution in [2.24, 2.45) is 0 Å². The van der Waals surface area contributed by atoms with Crippen molar-refractivity contribution >= 4 is 27.1 Å². The van der Waals surface area contributed by atoms with E-state index in [2.05, 4.69) is 30.9 Å². The zero-order chi connectivity index (χ0) is 13.4. The Kier molecular flexibility index (Phi) is 2.94. The van der Waals surface area contributed by atoms with Crippen LogP contribution < -0.4 is 4.74 Å². The van der Waals surface area contributed by atoms with Crippen molar-refractivity contribution in [1.82, 2.24) is 15.0 Å². The highest BCUT2D eigenvalue weighted by molar-refractivity contribution is 9.10. The molecule has 0 aliphatic heterocycles. The second kappa shape index (κ2) is 4.62. The second-order valence-corrected chi connectivity index (χ2v) is 4.87. The molecule has 1 aromatic carbocycles. The first-order chi connectivity index (χ1) is 9.17. The normalized spacial score (nSPS) is 10.9. The highest BCUT2D eigenvalue weighted by Gasteiger charge is 2.11. The van der Waals surface area contributed by atoms with Crippen LogP contribution in [0.1, 0.15) is 0 Å². The fourth-order valence-corrected chi connectivity index (χ4v) is 2.15. The molecule has 6 heteroatoms. The molecular weight excluding hydrogens is 313 g/mol. The Morgan fingerprint density at radius 3 is 2.89 bits per heavy atom. The van der Waals surface area contributed by atoms with Crippen molar-refractivity contribution in [1.29, 1.82) is 0 Å². The molecule has 0 saturated heterocycles. The van der Waals surface area contributed by atoms with Crippen molar-refractivity contribution in [3.05, 3.63) is 40.8 Å². The average molecular weight is 322 g/mol. The van der Waals surface area contributed by atoms with Crippen molar-refractivity contribution in [3.8, 4) is 17.1 Å². The number of methoxy groups -OCH3 is 1. The monoisotopic (exact) mass is 321 g/mol. The zero-order valence-electron chi connectivity index (χ0n) is 9.95. The van der Waals surface area contributed by atoms with Gasteiger partial charge in [0.1, 0.15) is 17.4 Å². The number of aromatic nitrogens is 3.